The maximum absolute atomic E-state index is 14.5. The number of nitrogens with zero attached hydrogens (tertiary/aromatic N) is 5. The number of anilines is 4. The first-order valence-electron chi connectivity index (χ1n) is 9.84. The van der Waals surface area contributed by atoms with Crippen LogP contribution in [0.5, 0.6) is 0 Å². The summed E-state index contributed by atoms with van der Waals surface area (Å²) in [4.78, 5) is 17.2. The van der Waals surface area contributed by atoms with Crippen molar-refractivity contribution in [3.63, 3.8) is 0 Å². The van der Waals surface area contributed by atoms with Gasteiger partial charge >= 0.3 is 0 Å². The monoisotopic (exact) mass is 385 g/mol. The number of halogens is 1. The van der Waals surface area contributed by atoms with Crippen LogP contribution in [0.25, 0.3) is 0 Å². The molecule has 3 aliphatic heterocycles. The molecule has 148 valence electrons. The molecule has 0 spiro atoms. The first kappa shape index (κ1) is 17.6. The van der Waals surface area contributed by atoms with Crippen LogP contribution in [0.3, 0.4) is 0 Å². The van der Waals surface area contributed by atoms with Crippen molar-refractivity contribution >= 4 is 23.3 Å². The van der Waals surface area contributed by atoms with E-state index in [1.54, 1.807) is 17.3 Å². The van der Waals surface area contributed by atoms with E-state index in [0.717, 1.165) is 18.9 Å². The van der Waals surface area contributed by atoms with E-state index < -0.39 is 11.9 Å². The molecule has 2 aromatic heterocycles. The Labute approximate surface area is 162 Å². The normalized spacial score (nSPS) is 26.7. The summed E-state index contributed by atoms with van der Waals surface area (Å²) in [6.45, 7) is 2.91. The Morgan fingerprint density at radius 3 is 2.64 bits per heavy atom. The average Bonchev–Trinajstić information content (AvgIpc) is 3.27. The lowest BCUT2D eigenvalue weighted by atomic mass is 10.2. The van der Waals surface area contributed by atoms with E-state index in [0.29, 0.717) is 43.2 Å². The van der Waals surface area contributed by atoms with Gasteiger partial charge < -0.3 is 25.5 Å². The van der Waals surface area contributed by atoms with E-state index in [-0.39, 0.29) is 5.82 Å². The van der Waals surface area contributed by atoms with Crippen LogP contribution < -0.4 is 20.4 Å². The van der Waals surface area contributed by atoms with Gasteiger partial charge in [0.25, 0.3) is 0 Å². The summed E-state index contributed by atoms with van der Waals surface area (Å²) in [7, 11) is 0. The van der Waals surface area contributed by atoms with E-state index in [1.165, 1.54) is 18.9 Å². The first-order valence-corrected chi connectivity index (χ1v) is 9.84. The van der Waals surface area contributed by atoms with E-state index in [9.17, 15) is 9.50 Å². The summed E-state index contributed by atoms with van der Waals surface area (Å²) in [5, 5.41) is 16.3. The SMILES string of the molecule is O[C@H]1CCN(c2ncc(Nc3nccc(N4C[C@H]5CC[C@@H](C4)N5)n3)cc2F)C1. The van der Waals surface area contributed by atoms with Gasteiger partial charge in [0, 0.05) is 50.5 Å². The lowest BCUT2D eigenvalue weighted by Gasteiger charge is -2.33. The molecule has 0 unspecified atom stereocenters. The van der Waals surface area contributed by atoms with Crippen LogP contribution >= 0.6 is 0 Å². The number of fused-ring (bicyclic) bond motifs is 2. The van der Waals surface area contributed by atoms with E-state index in [1.807, 2.05) is 6.07 Å². The predicted molar refractivity (Wildman–Crippen MR) is 105 cm³/mol. The van der Waals surface area contributed by atoms with E-state index in [2.05, 4.69) is 30.5 Å². The maximum Gasteiger partial charge on any atom is 0.229 e. The molecular weight excluding hydrogens is 361 g/mol. The number of hydrogen-bond donors (Lipinski definition) is 3. The molecule has 0 amide bonds. The summed E-state index contributed by atoms with van der Waals surface area (Å²) in [5.74, 6) is 1.16. The van der Waals surface area contributed by atoms with Crippen LogP contribution in [0.1, 0.15) is 19.3 Å². The summed E-state index contributed by atoms with van der Waals surface area (Å²) in [5.41, 5.74) is 0.499. The van der Waals surface area contributed by atoms with Gasteiger partial charge in [-0.15, -0.1) is 0 Å². The second-order valence-electron chi connectivity index (χ2n) is 7.82. The zero-order chi connectivity index (χ0) is 19.1. The van der Waals surface area contributed by atoms with Gasteiger partial charge in [-0.1, -0.05) is 0 Å². The van der Waals surface area contributed by atoms with Gasteiger partial charge in [-0.05, 0) is 25.3 Å². The van der Waals surface area contributed by atoms with Crippen molar-refractivity contribution < 1.29 is 9.50 Å². The van der Waals surface area contributed by atoms with Crippen molar-refractivity contribution in [3.8, 4) is 0 Å². The summed E-state index contributed by atoms with van der Waals surface area (Å²) in [6, 6.07) is 4.37. The number of piperazine rings is 1. The summed E-state index contributed by atoms with van der Waals surface area (Å²) in [6.07, 6.45) is 5.93. The Morgan fingerprint density at radius 1 is 1.11 bits per heavy atom. The molecule has 3 saturated heterocycles. The Balaban J connectivity index is 1.30. The van der Waals surface area contributed by atoms with Gasteiger partial charge in [-0.25, -0.2) is 14.4 Å². The fraction of sp³-hybridized carbons (Fsp3) is 0.526. The third kappa shape index (κ3) is 3.47. The molecule has 3 aliphatic rings. The summed E-state index contributed by atoms with van der Waals surface area (Å²) >= 11 is 0. The minimum atomic E-state index is -0.422. The number of aromatic nitrogens is 3. The number of aliphatic hydroxyl groups excluding tert-OH is 1. The fourth-order valence-corrected chi connectivity index (χ4v) is 4.36. The maximum atomic E-state index is 14.5. The van der Waals surface area contributed by atoms with Crippen LogP contribution in [-0.2, 0) is 0 Å². The molecule has 2 aromatic rings. The number of rotatable bonds is 4. The molecule has 5 rings (SSSR count). The Hall–Kier alpha value is -2.52. The van der Waals surface area contributed by atoms with Crippen LogP contribution in [0.15, 0.2) is 24.5 Å². The van der Waals surface area contributed by atoms with Gasteiger partial charge in [0.05, 0.1) is 18.0 Å². The lowest BCUT2D eigenvalue weighted by molar-refractivity contribution is 0.198. The Kier molecular flexibility index (Phi) is 4.48. The van der Waals surface area contributed by atoms with Crippen LogP contribution in [0.4, 0.5) is 27.7 Å². The number of hydrogen-bond acceptors (Lipinski definition) is 8. The molecule has 0 radical (unpaired) electrons. The standard InChI is InChI=1S/C19H24FN7O/c20-16-7-14(8-22-18(16)26-6-4-15(28)11-26)24-19-21-5-3-17(25-19)27-9-12-1-2-13(10-27)23-12/h3,5,7-8,12-13,15,23,28H,1-2,4,6,9-11H2,(H,21,24,25)/t12-,13+,15-/m0/s1. The molecule has 5 heterocycles. The zero-order valence-electron chi connectivity index (χ0n) is 15.6. The molecule has 9 heteroatoms. The summed E-state index contributed by atoms with van der Waals surface area (Å²) < 4.78 is 14.5. The van der Waals surface area contributed by atoms with Crippen LogP contribution in [0.2, 0.25) is 0 Å². The first-order chi connectivity index (χ1) is 13.6. The highest BCUT2D eigenvalue weighted by molar-refractivity contribution is 5.57. The Bertz CT molecular complexity index is 854. The molecule has 3 fully saturated rings. The molecular formula is C19H24FN7O. The molecule has 2 bridgehead atoms. The third-order valence-corrected chi connectivity index (χ3v) is 5.72. The van der Waals surface area contributed by atoms with Crippen molar-refractivity contribution in [3.05, 3.63) is 30.3 Å². The molecule has 3 atom stereocenters. The van der Waals surface area contributed by atoms with Gasteiger partial charge in [-0.3, -0.25) is 0 Å². The highest BCUT2D eigenvalue weighted by Gasteiger charge is 2.32. The highest BCUT2D eigenvalue weighted by Crippen LogP contribution is 2.26. The smallest absolute Gasteiger partial charge is 0.229 e. The minimum absolute atomic E-state index is 0.271. The molecule has 8 nitrogen and oxygen atoms in total. The average molecular weight is 385 g/mol. The highest BCUT2D eigenvalue weighted by atomic mass is 19.1. The molecule has 0 aliphatic carbocycles. The number of pyridine rings is 1. The molecule has 0 saturated carbocycles. The van der Waals surface area contributed by atoms with Crippen molar-refractivity contribution in [1.29, 1.82) is 0 Å². The van der Waals surface area contributed by atoms with Crippen molar-refractivity contribution in [2.45, 2.75) is 37.5 Å². The van der Waals surface area contributed by atoms with Gasteiger partial charge in [0.1, 0.15) is 5.82 Å². The third-order valence-electron chi connectivity index (χ3n) is 5.72. The van der Waals surface area contributed by atoms with E-state index >= 15 is 0 Å². The Morgan fingerprint density at radius 2 is 1.93 bits per heavy atom. The van der Waals surface area contributed by atoms with Crippen molar-refractivity contribution in [2.75, 3.05) is 41.3 Å². The molecule has 0 aromatic carbocycles. The van der Waals surface area contributed by atoms with Gasteiger partial charge in [0.15, 0.2) is 11.6 Å². The van der Waals surface area contributed by atoms with Crippen LogP contribution in [0, 0.1) is 5.82 Å². The molecule has 28 heavy (non-hydrogen) atoms. The van der Waals surface area contributed by atoms with Gasteiger partial charge in [-0.2, -0.15) is 4.98 Å². The van der Waals surface area contributed by atoms with Crippen molar-refractivity contribution in [2.24, 2.45) is 0 Å². The predicted octanol–water partition coefficient (Wildman–Crippen LogP) is 1.27. The number of β-amino-alcohol motifs (C(OH)–C–C–N with tert-alkyl or cyclic N) is 1. The van der Waals surface area contributed by atoms with Crippen LogP contribution in [-0.4, -0.2) is 64.4 Å². The number of nitrogens with one attached hydrogen (secondary N) is 2. The quantitative estimate of drug-likeness (QED) is 0.725. The number of aliphatic hydroxyl groups is 1. The van der Waals surface area contributed by atoms with Gasteiger partial charge in [0.2, 0.25) is 5.95 Å². The largest absolute Gasteiger partial charge is 0.391 e. The second-order valence-corrected chi connectivity index (χ2v) is 7.82. The van der Waals surface area contributed by atoms with E-state index in [4.69, 9.17) is 0 Å². The van der Waals surface area contributed by atoms with Crippen molar-refractivity contribution in [1.82, 2.24) is 20.3 Å². The zero-order valence-corrected chi connectivity index (χ0v) is 15.6. The molecule has 3 N–H and O–H groups in total. The fourth-order valence-electron chi connectivity index (χ4n) is 4.36. The minimum Gasteiger partial charge on any atom is -0.391 e. The topological polar surface area (TPSA) is 89.4 Å². The second kappa shape index (κ2) is 7.14. The lowest BCUT2D eigenvalue weighted by Crippen LogP contribution is -2.51.